The molecule has 0 aromatic carbocycles. The van der Waals surface area contributed by atoms with E-state index in [1.165, 1.54) is 0 Å². The lowest BCUT2D eigenvalue weighted by molar-refractivity contribution is -0.119. The minimum Gasteiger partial charge on any atom is -0.296 e. The smallest absolute Gasteiger partial charge is 0.228 e. The van der Waals surface area contributed by atoms with Gasteiger partial charge in [-0.05, 0) is 44.9 Å². The van der Waals surface area contributed by atoms with Crippen LogP contribution in [-0.2, 0) is 21.2 Å². The van der Waals surface area contributed by atoms with Crippen molar-refractivity contribution >= 4 is 21.7 Å². The monoisotopic (exact) mass is 420 g/mol. The number of sulfonamides is 1. The molecule has 0 radical (unpaired) electrons. The predicted molar refractivity (Wildman–Crippen MR) is 112 cm³/mol. The standard InChI is InChI=1S/C21H32N4O3S/c1-14(2)13-24-19(26)11-10-17-15(3)22-20(23-21(17)24)18-9-6-12-25(18)29(27,28)16-7-4-5-8-16/h14,16,18H,4-13H2,1-3H3/t18-/m0/s1. The third kappa shape index (κ3) is 3.81. The summed E-state index contributed by atoms with van der Waals surface area (Å²) in [5.74, 6) is 1.68. The molecule has 1 saturated heterocycles. The highest BCUT2D eigenvalue weighted by Crippen LogP contribution is 2.39. The molecule has 0 bridgehead atoms. The summed E-state index contributed by atoms with van der Waals surface area (Å²) >= 11 is 0. The van der Waals surface area contributed by atoms with E-state index in [1.54, 1.807) is 9.21 Å². The van der Waals surface area contributed by atoms with Crippen molar-refractivity contribution in [1.29, 1.82) is 0 Å². The SMILES string of the molecule is Cc1nc([C@@H]2CCCN2S(=O)(=O)C2CCCC2)nc2c1CCC(=O)N2CC(C)C. The number of amides is 1. The molecule has 0 spiro atoms. The molecule has 2 aliphatic heterocycles. The number of hydrogen-bond donors (Lipinski definition) is 0. The average molecular weight is 421 g/mol. The van der Waals surface area contributed by atoms with E-state index in [0.717, 1.165) is 49.8 Å². The Morgan fingerprint density at radius 3 is 2.48 bits per heavy atom. The molecule has 8 heteroatoms. The van der Waals surface area contributed by atoms with Crippen molar-refractivity contribution in [1.82, 2.24) is 14.3 Å². The summed E-state index contributed by atoms with van der Waals surface area (Å²) in [6.07, 6.45) is 6.19. The van der Waals surface area contributed by atoms with Gasteiger partial charge in [-0.25, -0.2) is 18.4 Å². The van der Waals surface area contributed by atoms with E-state index >= 15 is 0 Å². The summed E-state index contributed by atoms with van der Waals surface area (Å²) in [4.78, 5) is 23.9. The fourth-order valence-electron chi connectivity index (χ4n) is 4.99. The zero-order valence-electron chi connectivity index (χ0n) is 17.7. The number of fused-ring (bicyclic) bond motifs is 1. The lowest BCUT2D eigenvalue weighted by atomic mass is 10.0. The van der Waals surface area contributed by atoms with Gasteiger partial charge in [0, 0.05) is 30.8 Å². The summed E-state index contributed by atoms with van der Waals surface area (Å²) in [6.45, 7) is 7.29. The summed E-state index contributed by atoms with van der Waals surface area (Å²) in [5, 5.41) is -0.263. The molecule has 0 N–H and O–H groups in total. The number of aromatic nitrogens is 2. The predicted octanol–water partition coefficient (Wildman–Crippen LogP) is 3.13. The Bertz CT molecular complexity index is 893. The molecule has 29 heavy (non-hydrogen) atoms. The molecule has 3 aliphatic rings. The number of nitrogens with zero attached hydrogens (tertiary/aromatic N) is 4. The zero-order valence-corrected chi connectivity index (χ0v) is 18.5. The van der Waals surface area contributed by atoms with Crippen LogP contribution in [0.3, 0.4) is 0 Å². The molecule has 1 amide bonds. The van der Waals surface area contributed by atoms with E-state index in [2.05, 4.69) is 13.8 Å². The highest BCUT2D eigenvalue weighted by Gasteiger charge is 2.42. The third-order valence-electron chi connectivity index (χ3n) is 6.45. The molecule has 160 valence electrons. The van der Waals surface area contributed by atoms with Gasteiger partial charge in [-0.2, -0.15) is 4.31 Å². The van der Waals surface area contributed by atoms with Crippen molar-refractivity contribution in [3.63, 3.8) is 0 Å². The van der Waals surface area contributed by atoms with Crippen molar-refractivity contribution in [3.8, 4) is 0 Å². The van der Waals surface area contributed by atoms with E-state index < -0.39 is 10.0 Å². The Morgan fingerprint density at radius 2 is 1.79 bits per heavy atom. The second-order valence-electron chi connectivity index (χ2n) is 9.09. The maximum atomic E-state index is 13.3. The fourth-order valence-corrected chi connectivity index (χ4v) is 7.24. The molecule has 3 heterocycles. The molecule has 1 aromatic heterocycles. The number of anilines is 1. The van der Waals surface area contributed by atoms with Crippen LogP contribution in [-0.4, -0.2) is 46.9 Å². The van der Waals surface area contributed by atoms with Gasteiger partial charge >= 0.3 is 0 Å². The van der Waals surface area contributed by atoms with Crippen LogP contribution in [0.15, 0.2) is 0 Å². The maximum Gasteiger partial charge on any atom is 0.228 e. The van der Waals surface area contributed by atoms with Crippen LogP contribution in [0.5, 0.6) is 0 Å². The first-order chi connectivity index (χ1) is 13.8. The van der Waals surface area contributed by atoms with E-state index in [4.69, 9.17) is 9.97 Å². The maximum absolute atomic E-state index is 13.3. The van der Waals surface area contributed by atoms with E-state index in [9.17, 15) is 13.2 Å². The zero-order chi connectivity index (χ0) is 20.8. The molecule has 0 unspecified atom stereocenters. The molecule has 1 atom stereocenters. The van der Waals surface area contributed by atoms with Gasteiger partial charge < -0.3 is 0 Å². The Balaban J connectivity index is 1.71. The Hall–Kier alpha value is -1.54. The molecule has 7 nitrogen and oxygen atoms in total. The van der Waals surface area contributed by atoms with Crippen LogP contribution in [0, 0.1) is 12.8 Å². The molecule has 4 rings (SSSR count). The lowest BCUT2D eigenvalue weighted by Crippen LogP contribution is -2.40. The van der Waals surface area contributed by atoms with Gasteiger partial charge in [0.25, 0.3) is 0 Å². The summed E-state index contributed by atoms with van der Waals surface area (Å²) in [6, 6.07) is -0.317. The number of rotatable bonds is 5. The normalized spacial score (nSPS) is 23.9. The van der Waals surface area contributed by atoms with Crippen molar-refractivity contribution < 1.29 is 13.2 Å². The third-order valence-corrected chi connectivity index (χ3v) is 8.86. The van der Waals surface area contributed by atoms with Crippen molar-refractivity contribution in [2.45, 2.75) is 83.4 Å². The molecule has 1 saturated carbocycles. The minimum atomic E-state index is -3.34. The Labute approximate surface area is 173 Å². The van der Waals surface area contributed by atoms with Crippen molar-refractivity contribution in [2.75, 3.05) is 18.0 Å². The van der Waals surface area contributed by atoms with Gasteiger partial charge in [0.2, 0.25) is 15.9 Å². The van der Waals surface area contributed by atoms with Crippen LogP contribution in [0.1, 0.15) is 81.9 Å². The summed E-state index contributed by atoms with van der Waals surface area (Å²) in [5.41, 5.74) is 1.90. The highest BCUT2D eigenvalue weighted by atomic mass is 32.2. The molecule has 1 aromatic rings. The largest absolute Gasteiger partial charge is 0.296 e. The van der Waals surface area contributed by atoms with Crippen LogP contribution in [0.4, 0.5) is 5.82 Å². The summed E-state index contributed by atoms with van der Waals surface area (Å²) < 4.78 is 28.2. The highest BCUT2D eigenvalue weighted by molar-refractivity contribution is 7.89. The lowest BCUT2D eigenvalue weighted by Gasteiger charge is -2.32. The van der Waals surface area contributed by atoms with Crippen LogP contribution >= 0.6 is 0 Å². The number of aryl methyl sites for hydroxylation is 1. The van der Waals surface area contributed by atoms with Gasteiger partial charge in [0.1, 0.15) is 11.6 Å². The second kappa shape index (κ2) is 7.95. The fraction of sp³-hybridized carbons (Fsp3) is 0.762. The van der Waals surface area contributed by atoms with Gasteiger partial charge in [0.15, 0.2) is 0 Å². The molecular weight excluding hydrogens is 388 g/mol. The summed E-state index contributed by atoms with van der Waals surface area (Å²) in [7, 11) is -3.34. The van der Waals surface area contributed by atoms with Crippen molar-refractivity contribution in [2.24, 2.45) is 5.92 Å². The Kier molecular flexibility index (Phi) is 5.68. The quantitative estimate of drug-likeness (QED) is 0.731. The Morgan fingerprint density at radius 1 is 1.07 bits per heavy atom. The first kappa shape index (κ1) is 20.7. The number of carbonyl (C=O) groups excluding carboxylic acids is 1. The van der Waals surface area contributed by atoms with Gasteiger partial charge in [-0.1, -0.05) is 26.7 Å². The molecule has 1 aliphatic carbocycles. The average Bonchev–Trinajstić information content (AvgIpc) is 3.36. The first-order valence-electron chi connectivity index (χ1n) is 11.0. The molecule has 2 fully saturated rings. The van der Waals surface area contributed by atoms with Gasteiger partial charge in [-0.15, -0.1) is 0 Å². The van der Waals surface area contributed by atoms with Gasteiger partial charge in [0.05, 0.1) is 11.3 Å². The second-order valence-corrected chi connectivity index (χ2v) is 11.3. The van der Waals surface area contributed by atoms with E-state index in [0.29, 0.717) is 43.5 Å². The minimum absolute atomic E-state index is 0.0945. The van der Waals surface area contributed by atoms with Crippen LogP contribution < -0.4 is 4.90 Å². The topological polar surface area (TPSA) is 83.5 Å². The van der Waals surface area contributed by atoms with Crippen LogP contribution in [0.25, 0.3) is 0 Å². The van der Waals surface area contributed by atoms with E-state index in [-0.39, 0.29) is 17.2 Å². The number of hydrogen-bond acceptors (Lipinski definition) is 5. The number of carbonyl (C=O) groups is 1. The van der Waals surface area contributed by atoms with Crippen LogP contribution in [0.2, 0.25) is 0 Å². The van der Waals surface area contributed by atoms with Gasteiger partial charge in [-0.3, -0.25) is 9.69 Å². The van der Waals surface area contributed by atoms with Crippen molar-refractivity contribution in [3.05, 3.63) is 17.1 Å². The molecular formula is C21H32N4O3S. The van der Waals surface area contributed by atoms with E-state index in [1.807, 2.05) is 6.92 Å². The first-order valence-corrected chi connectivity index (χ1v) is 12.5.